The molecule has 200 valence electrons. The van der Waals surface area contributed by atoms with E-state index in [1.165, 1.54) is 17.7 Å². The molecule has 0 aliphatic carbocycles. The van der Waals surface area contributed by atoms with Gasteiger partial charge in [0.2, 0.25) is 5.95 Å². The van der Waals surface area contributed by atoms with Crippen molar-refractivity contribution in [1.82, 2.24) is 9.97 Å². The third-order valence-electron chi connectivity index (χ3n) is 7.21. The molecule has 0 saturated heterocycles. The first-order valence-corrected chi connectivity index (χ1v) is 13.1. The van der Waals surface area contributed by atoms with Crippen LogP contribution < -0.4 is 20.7 Å². The third-order valence-corrected chi connectivity index (χ3v) is 7.21. The molecule has 2 atom stereocenters. The number of nitrogens with one attached hydrogen (secondary N) is 1. The number of benzene rings is 3. The van der Waals surface area contributed by atoms with Gasteiger partial charge in [0.05, 0.1) is 6.04 Å². The van der Waals surface area contributed by atoms with Gasteiger partial charge in [-0.3, -0.25) is 0 Å². The molecule has 8 heteroatoms. The summed E-state index contributed by atoms with van der Waals surface area (Å²) in [6, 6.07) is 20.8. The van der Waals surface area contributed by atoms with Gasteiger partial charge < -0.3 is 20.7 Å². The van der Waals surface area contributed by atoms with Crippen LogP contribution in [0.25, 0.3) is 0 Å². The second kappa shape index (κ2) is 11.2. The van der Waals surface area contributed by atoms with Gasteiger partial charge in [-0.15, -0.1) is 0 Å². The Kier molecular flexibility index (Phi) is 7.56. The summed E-state index contributed by atoms with van der Waals surface area (Å²) in [6.07, 6.45) is 1.24. The smallest absolute Gasteiger partial charge is 0.328 e. The van der Waals surface area contributed by atoms with Crippen molar-refractivity contribution >= 4 is 23.4 Å². The van der Waals surface area contributed by atoms with Crippen LogP contribution >= 0.6 is 0 Å². The Morgan fingerprint density at radius 2 is 1.85 bits per heavy atom. The van der Waals surface area contributed by atoms with Crippen molar-refractivity contribution in [2.45, 2.75) is 45.7 Å². The molecule has 0 amide bonds. The van der Waals surface area contributed by atoms with E-state index < -0.39 is 12.0 Å². The molecular formula is C31H32FN5O2. The zero-order valence-corrected chi connectivity index (χ0v) is 22.3. The molecule has 0 bridgehead atoms. The molecule has 1 aliphatic heterocycles. The average molecular weight is 526 g/mol. The van der Waals surface area contributed by atoms with Crippen molar-refractivity contribution in [3.63, 3.8) is 0 Å². The Labute approximate surface area is 227 Å². The quantitative estimate of drug-likeness (QED) is 0.240. The lowest BCUT2D eigenvalue weighted by atomic mass is 9.93. The van der Waals surface area contributed by atoms with Crippen molar-refractivity contribution in [2.24, 2.45) is 5.73 Å². The first-order chi connectivity index (χ1) is 18.8. The van der Waals surface area contributed by atoms with Crippen molar-refractivity contribution in [1.29, 1.82) is 0 Å². The summed E-state index contributed by atoms with van der Waals surface area (Å²) in [7, 11) is 0. The van der Waals surface area contributed by atoms with E-state index in [0.717, 1.165) is 41.2 Å². The summed E-state index contributed by atoms with van der Waals surface area (Å²) in [5.74, 6) is 1.000. The minimum Gasteiger partial charge on any atom is -0.425 e. The number of rotatable bonds is 7. The normalized spacial score (nSPS) is 15.4. The van der Waals surface area contributed by atoms with E-state index >= 15 is 0 Å². The van der Waals surface area contributed by atoms with Gasteiger partial charge in [-0.1, -0.05) is 36.4 Å². The maximum Gasteiger partial charge on any atom is 0.328 e. The summed E-state index contributed by atoms with van der Waals surface area (Å²) in [5.41, 5.74) is 12.0. The summed E-state index contributed by atoms with van der Waals surface area (Å²) < 4.78 is 19.0. The second-order valence-electron chi connectivity index (χ2n) is 9.91. The number of esters is 1. The minimum absolute atomic E-state index is 0.0166. The van der Waals surface area contributed by atoms with Crippen molar-refractivity contribution in [2.75, 3.05) is 16.8 Å². The zero-order valence-electron chi connectivity index (χ0n) is 22.3. The highest BCUT2D eigenvalue weighted by atomic mass is 19.1. The summed E-state index contributed by atoms with van der Waals surface area (Å²) in [4.78, 5) is 24.4. The number of hydrogen-bond acceptors (Lipinski definition) is 7. The second-order valence-corrected chi connectivity index (χ2v) is 9.91. The molecule has 2 heterocycles. The van der Waals surface area contributed by atoms with Crippen LogP contribution in [0.5, 0.6) is 5.75 Å². The molecule has 4 aromatic rings. The number of hydrogen-bond donors (Lipinski definition) is 2. The molecule has 7 nitrogen and oxygen atoms in total. The molecule has 0 radical (unpaired) electrons. The molecule has 1 aliphatic rings. The highest BCUT2D eigenvalue weighted by Gasteiger charge is 2.28. The predicted molar refractivity (Wildman–Crippen MR) is 151 cm³/mol. The maximum absolute atomic E-state index is 13.3. The first-order valence-electron chi connectivity index (χ1n) is 13.1. The van der Waals surface area contributed by atoms with Gasteiger partial charge in [-0.2, -0.15) is 4.98 Å². The van der Waals surface area contributed by atoms with Gasteiger partial charge in [0.25, 0.3) is 0 Å². The Bertz CT molecular complexity index is 1480. The molecule has 0 saturated carbocycles. The van der Waals surface area contributed by atoms with Crippen molar-refractivity contribution < 1.29 is 13.9 Å². The molecular weight excluding hydrogens is 493 g/mol. The fourth-order valence-electron chi connectivity index (χ4n) is 4.90. The van der Waals surface area contributed by atoms with Crippen LogP contribution in [0.4, 0.5) is 21.8 Å². The van der Waals surface area contributed by atoms with Gasteiger partial charge in [-0.05, 0) is 86.7 Å². The van der Waals surface area contributed by atoms with E-state index in [-0.39, 0.29) is 11.9 Å². The van der Waals surface area contributed by atoms with Crippen LogP contribution in [0.2, 0.25) is 0 Å². The zero-order chi connectivity index (χ0) is 27.5. The Morgan fingerprint density at radius 3 is 2.59 bits per heavy atom. The molecule has 0 fully saturated rings. The average Bonchev–Trinajstić information content (AvgIpc) is 2.93. The summed E-state index contributed by atoms with van der Waals surface area (Å²) >= 11 is 0. The van der Waals surface area contributed by atoms with Crippen LogP contribution in [0.3, 0.4) is 0 Å². The van der Waals surface area contributed by atoms with E-state index in [1.807, 2.05) is 62.4 Å². The van der Waals surface area contributed by atoms with Gasteiger partial charge in [0.15, 0.2) is 0 Å². The minimum atomic E-state index is -0.754. The highest BCUT2D eigenvalue weighted by Crippen LogP contribution is 2.37. The van der Waals surface area contributed by atoms with Gasteiger partial charge in [-0.25, -0.2) is 14.2 Å². The first kappa shape index (κ1) is 26.3. The van der Waals surface area contributed by atoms with Crippen LogP contribution in [0, 0.1) is 19.7 Å². The lowest BCUT2D eigenvalue weighted by Gasteiger charge is -2.37. The van der Waals surface area contributed by atoms with E-state index in [0.29, 0.717) is 23.8 Å². The number of ether oxygens (including phenoxy) is 1. The van der Waals surface area contributed by atoms with Crippen LogP contribution in [0.15, 0.2) is 72.8 Å². The van der Waals surface area contributed by atoms with E-state index in [2.05, 4.69) is 22.1 Å². The molecule has 39 heavy (non-hydrogen) atoms. The number of nitrogens with zero attached hydrogens (tertiary/aromatic N) is 3. The predicted octanol–water partition coefficient (Wildman–Crippen LogP) is 5.58. The maximum atomic E-state index is 13.3. The lowest BCUT2D eigenvalue weighted by Crippen LogP contribution is -2.37. The number of nitrogens with two attached hydrogens (primary N) is 1. The topological polar surface area (TPSA) is 93.4 Å². The lowest BCUT2D eigenvalue weighted by molar-refractivity contribution is -0.135. The van der Waals surface area contributed by atoms with Crippen LogP contribution in [-0.2, 0) is 17.6 Å². The van der Waals surface area contributed by atoms with E-state index in [4.69, 9.17) is 15.5 Å². The summed E-state index contributed by atoms with van der Waals surface area (Å²) in [5, 5.41) is 3.19. The highest BCUT2D eigenvalue weighted by molar-refractivity contribution is 5.78. The van der Waals surface area contributed by atoms with E-state index in [9.17, 15) is 9.18 Å². The SMILES string of the molecule is Cc1nc(Nc2ccc(F)cc2)nc(N2CCc3ccc(OC(=O)[C@@H](N)Cc4ccccc4)cc3C2C)c1C. The van der Waals surface area contributed by atoms with Crippen molar-refractivity contribution in [3.05, 3.63) is 107 Å². The molecule has 3 aromatic carbocycles. The molecule has 0 spiro atoms. The Morgan fingerprint density at radius 1 is 1.10 bits per heavy atom. The molecule has 3 N–H and O–H groups in total. The van der Waals surface area contributed by atoms with Gasteiger partial charge in [0.1, 0.15) is 23.4 Å². The van der Waals surface area contributed by atoms with Crippen LogP contribution in [-0.4, -0.2) is 28.5 Å². The number of aromatic nitrogens is 2. The number of carbonyl (C=O) groups excluding carboxylic acids is 1. The number of halogens is 1. The monoisotopic (exact) mass is 525 g/mol. The fraction of sp³-hybridized carbons (Fsp3) is 0.258. The Balaban J connectivity index is 1.35. The van der Waals surface area contributed by atoms with Crippen LogP contribution in [0.1, 0.15) is 40.9 Å². The van der Waals surface area contributed by atoms with Gasteiger partial charge >= 0.3 is 5.97 Å². The number of aryl methyl sites for hydroxylation is 1. The largest absolute Gasteiger partial charge is 0.425 e. The standard InChI is InChI=1S/C31H32FN5O2/c1-19-20(2)34-31(35-25-12-10-24(32)11-13-25)36-29(19)37-16-15-23-9-14-26(18-27(23)21(37)3)39-30(38)28(33)17-22-7-5-4-6-8-22/h4-14,18,21,28H,15-17,33H2,1-3H3,(H,34,35,36)/t21?,28-/m0/s1. The molecule has 5 rings (SSSR count). The van der Waals surface area contributed by atoms with Gasteiger partial charge in [0, 0.05) is 23.5 Å². The van der Waals surface area contributed by atoms with Crippen molar-refractivity contribution in [3.8, 4) is 5.75 Å². The fourth-order valence-corrected chi connectivity index (χ4v) is 4.90. The summed E-state index contributed by atoms with van der Waals surface area (Å²) in [6.45, 7) is 6.87. The molecule has 1 aromatic heterocycles. The van der Waals surface area contributed by atoms with E-state index in [1.54, 1.807) is 12.1 Å². The number of fused-ring (bicyclic) bond motifs is 1. The number of anilines is 3. The Hall–Kier alpha value is -4.30. The molecule has 1 unspecified atom stereocenters. The third kappa shape index (κ3) is 5.91. The number of carbonyl (C=O) groups is 1.